The van der Waals surface area contributed by atoms with Crippen LogP contribution in [0.15, 0.2) is 47.4 Å². The van der Waals surface area contributed by atoms with Crippen molar-refractivity contribution in [1.82, 2.24) is 14.9 Å². The van der Waals surface area contributed by atoms with Crippen molar-refractivity contribution in [1.29, 1.82) is 0 Å². The summed E-state index contributed by atoms with van der Waals surface area (Å²) in [5.74, 6) is -1.73. The second-order valence-corrected chi connectivity index (χ2v) is 9.30. The summed E-state index contributed by atoms with van der Waals surface area (Å²) in [6.07, 6.45) is -0.538. The Morgan fingerprint density at radius 3 is 2.64 bits per heavy atom. The highest BCUT2D eigenvalue weighted by Gasteiger charge is 2.35. The average Bonchev–Trinajstić information content (AvgIpc) is 2.82. The van der Waals surface area contributed by atoms with Gasteiger partial charge in [-0.05, 0) is 43.2 Å². The maximum atomic E-state index is 13.6. The third-order valence-corrected chi connectivity index (χ3v) is 7.05. The van der Waals surface area contributed by atoms with Crippen LogP contribution in [0.1, 0.15) is 17.5 Å². The molecule has 178 valence electrons. The Morgan fingerprint density at radius 2 is 1.91 bits per heavy atom. The number of halogens is 1. The number of amides is 2. The lowest BCUT2D eigenvalue weighted by Gasteiger charge is -2.34. The molecule has 0 unspecified atom stereocenters. The second-order valence-electron chi connectivity index (χ2n) is 7.41. The van der Waals surface area contributed by atoms with Crippen molar-refractivity contribution >= 4 is 21.8 Å². The first-order valence-electron chi connectivity index (χ1n) is 10.3. The van der Waals surface area contributed by atoms with Gasteiger partial charge in [-0.1, -0.05) is 18.2 Å². The van der Waals surface area contributed by atoms with Gasteiger partial charge in [0.15, 0.2) is 0 Å². The molecule has 1 heterocycles. The van der Waals surface area contributed by atoms with E-state index in [0.29, 0.717) is 24.3 Å². The molecular formula is C22H26FN3O6S. The van der Waals surface area contributed by atoms with Crippen LogP contribution in [0.4, 0.5) is 4.39 Å². The molecule has 0 saturated carbocycles. The lowest BCUT2D eigenvalue weighted by molar-refractivity contribution is -0.140. The summed E-state index contributed by atoms with van der Waals surface area (Å²) in [7, 11) is -2.49. The number of carbonyl (C=O) groups is 2. The minimum Gasteiger partial charge on any atom is -0.496 e. The minimum absolute atomic E-state index is 0.0715. The summed E-state index contributed by atoms with van der Waals surface area (Å²) in [5, 5.41) is 4.92. The zero-order valence-electron chi connectivity index (χ0n) is 18.3. The van der Waals surface area contributed by atoms with E-state index < -0.39 is 33.9 Å². The van der Waals surface area contributed by atoms with Crippen LogP contribution >= 0.6 is 0 Å². The first-order chi connectivity index (χ1) is 15.7. The Labute approximate surface area is 191 Å². The van der Waals surface area contributed by atoms with Crippen molar-refractivity contribution in [2.45, 2.75) is 31.0 Å². The van der Waals surface area contributed by atoms with Crippen LogP contribution in [0.2, 0.25) is 0 Å². The van der Waals surface area contributed by atoms with Gasteiger partial charge in [0, 0.05) is 18.7 Å². The Morgan fingerprint density at radius 1 is 1.18 bits per heavy atom. The quantitative estimate of drug-likeness (QED) is 0.579. The zero-order chi connectivity index (χ0) is 24.0. The number of benzene rings is 2. The number of rotatable bonds is 7. The molecule has 2 N–H and O–H groups in total. The predicted molar refractivity (Wildman–Crippen MR) is 117 cm³/mol. The molecule has 2 aromatic rings. The molecular weight excluding hydrogens is 453 g/mol. The molecule has 1 fully saturated rings. The van der Waals surface area contributed by atoms with Gasteiger partial charge < -0.3 is 20.1 Å². The second kappa shape index (κ2) is 10.7. The molecule has 1 aliphatic rings. The van der Waals surface area contributed by atoms with Crippen molar-refractivity contribution in [3.05, 3.63) is 59.4 Å². The van der Waals surface area contributed by atoms with Crippen molar-refractivity contribution < 1.29 is 31.9 Å². The molecule has 11 heteroatoms. The predicted octanol–water partition coefficient (Wildman–Crippen LogP) is 1.31. The number of nitrogens with zero attached hydrogens (tertiary/aromatic N) is 1. The van der Waals surface area contributed by atoms with Gasteiger partial charge in [-0.3, -0.25) is 9.59 Å². The smallest absolute Gasteiger partial charge is 0.309 e. The molecule has 2 amide bonds. The first kappa shape index (κ1) is 24.6. The zero-order valence-corrected chi connectivity index (χ0v) is 19.2. The summed E-state index contributed by atoms with van der Waals surface area (Å²) in [5.41, 5.74) is 0.897. The fraction of sp³-hybridized carbons (Fsp3) is 0.364. The van der Waals surface area contributed by atoms with E-state index >= 15 is 0 Å². The number of para-hydroxylation sites is 1. The normalized spacial score (nSPS) is 16.8. The number of methoxy groups -OCH3 is 1. The van der Waals surface area contributed by atoms with E-state index in [0.717, 1.165) is 10.4 Å². The molecule has 1 saturated heterocycles. The number of carbonyl (C=O) groups excluding carboxylic acids is 2. The van der Waals surface area contributed by atoms with Gasteiger partial charge in [0.2, 0.25) is 10.0 Å². The molecule has 0 aliphatic carbocycles. The van der Waals surface area contributed by atoms with Crippen LogP contribution in [0.25, 0.3) is 0 Å². The van der Waals surface area contributed by atoms with E-state index in [1.807, 2.05) is 0 Å². The Hall–Kier alpha value is -3.02. The number of nitrogens with one attached hydrogen (secondary N) is 2. The average molecular weight is 480 g/mol. The van der Waals surface area contributed by atoms with Gasteiger partial charge in [0.05, 0.1) is 25.2 Å². The Balaban J connectivity index is 1.62. The van der Waals surface area contributed by atoms with Crippen molar-refractivity contribution in [3.63, 3.8) is 0 Å². The van der Waals surface area contributed by atoms with Crippen LogP contribution in [-0.2, 0) is 30.9 Å². The molecule has 1 aliphatic heterocycles. The van der Waals surface area contributed by atoms with E-state index in [-0.39, 0.29) is 30.1 Å². The van der Waals surface area contributed by atoms with Crippen LogP contribution in [-0.4, -0.2) is 57.6 Å². The van der Waals surface area contributed by atoms with Crippen LogP contribution < -0.4 is 15.4 Å². The number of hydrogen-bond acceptors (Lipinski definition) is 6. The standard InChI is InChI=1S/C22H26FN3O6S/c1-15-12-17(8-9-18(15)23)33(29,30)26-10-5-11-32-20(26)14-25-22(28)21(27)24-13-16-6-3-4-7-19(16)31-2/h3-4,6-9,12,20H,5,10-11,13-14H2,1-2H3,(H,24,27)(H,25,28)/t20-/m1/s1. The van der Waals surface area contributed by atoms with Gasteiger partial charge in [-0.15, -0.1) is 0 Å². The molecule has 9 nitrogen and oxygen atoms in total. The molecule has 0 radical (unpaired) electrons. The fourth-order valence-electron chi connectivity index (χ4n) is 3.38. The van der Waals surface area contributed by atoms with Crippen molar-refractivity contribution in [3.8, 4) is 5.75 Å². The van der Waals surface area contributed by atoms with E-state index in [2.05, 4.69) is 10.6 Å². The van der Waals surface area contributed by atoms with Gasteiger partial charge >= 0.3 is 11.8 Å². The number of sulfonamides is 1. The van der Waals surface area contributed by atoms with Gasteiger partial charge in [-0.2, -0.15) is 4.31 Å². The summed E-state index contributed by atoms with van der Waals surface area (Å²) < 4.78 is 51.6. The summed E-state index contributed by atoms with van der Waals surface area (Å²) in [6.45, 7) is 1.80. The molecule has 33 heavy (non-hydrogen) atoms. The fourth-order valence-corrected chi connectivity index (χ4v) is 5.03. The lowest BCUT2D eigenvalue weighted by Crippen LogP contribution is -2.53. The third-order valence-electron chi connectivity index (χ3n) is 5.17. The SMILES string of the molecule is COc1ccccc1CNC(=O)C(=O)NC[C@H]1OCCCN1S(=O)(=O)c1ccc(F)c(C)c1. The van der Waals surface area contributed by atoms with E-state index in [4.69, 9.17) is 9.47 Å². The molecule has 0 spiro atoms. The monoisotopic (exact) mass is 479 g/mol. The summed E-state index contributed by atoms with van der Waals surface area (Å²) in [4.78, 5) is 24.4. The first-order valence-corrected chi connectivity index (χ1v) is 11.8. The third kappa shape index (κ3) is 5.86. The van der Waals surface area contributed by atoms with E-state index in [1.54, 1.807) is 24.3 Å². The number of aryl methyl sites for hydroxylation is 1. The molecule has 1 atom stereocenters. The van der Waals surface area contributed by atoms with Gasteiger partial charge in [0.25, 0.3) is 0 Å². The van der Waals surface area contributed by atoms with E-state index in [1.165, 1.54) is 26.2 Å². The van der Waals surface area contributed by atoms with Gasteiger partial charge in [0.1, 0.15) is 17.8 Å². The molecule has 3 rings (SSSR count). The van der Waals surface area contributed by atoms with E-state index in [9.17, 15) is 22.4 Å². The van der Waals surface area contributed by atoms with Crippen LogP contribution in [0, 0.1) is 12.7 Å². The maximum Gasteiger partial charge on any atom is 0.309 e. The van der Waals surface area contributed by atoms with Crippen LogP contribution in [0.3, 0.4) is 0 Å². The summed E-state index contributed by atoms with van der Waals surface area (Å²) >= 11 is 0. The largest absolute Gasteiger partial charge is 0.496 e. The van der Waals surface area contributed by atoms with Crippen molar-refractivity contribution in [2.24, 2.45) is 0 Å². The Kier molecular flexibility index (Phi) is 8.01. The van der Waals surface area contributed by atoms with Crippen molar-refractivity contribution in [2.75, 3.05) is 26.8 Å². The molecule has 0 aromatic heterocycles. The topological polar surface area (TPSA) is 114 Å². The van der Waals surface area contributed by atoms with Crippen LogP contribution in [0.5, 0.6) is 5.75 Å². The lowest BCUT2D eigenvalue weighted by atomic mass is 10.2. The minimum atomic E-state index is -4.00. The van der Waals surface area contributed by atoms with Gasteiger partial charge in [-0.25, -0.2) is 12.8 Å². The number of hydrogen-bond donors (Lipinski definition) is 2. The molecule has 0 bridgehead atoms. The molecule has 2 aromatic carbocycles. The highest BCUT2D eigenvalue weighted by Crippen LogP contribution is 2.23. The Bertz CT molecular complexity index is 1120. The summed E-state index contributed by atoms with van der Waals surface area (Å²) in [6, 6.07) is 10.6. The highest BCUT2D eigenvalue weighted by atomic mass is 32.2. The number of ether oxygens (including phenoxy) is 2. The maximum absolute atomic E-state index is 13.6. The highest BCUT2D eigenvalue weighted by molar-refractivity contribution is 7.89.